The Morgan fingerprint density at radius 2 is 2.33 bits per heavy atom. The average molecular weight is 216 g/mol. The van der Waals surface area contributed by atoms with Crippen LogP contribution >= 0.6 is 0 Å². The second-order valence-electron chi connectivity index (χ2n) is 3.56. The molecule has 0 aromatic carbocycles. The normalized spacial score (nSPS) is 16.9. The number of aromatic nitrogens is 1. The zero-order chi connectivity index (χ0) is 11.0. The fourth-order valence-corrected chi connectivity index (χ4v) is 1.46. The second-order valence-corrected chi connectivity index (χ2v) is 3.56. The van der Waals surface area contributed by atoms with Gasteiger partial charge in [0.05, 0.1) is 5.92 Å². The highest BCUT2D eigenvalue weighted by Gasteiger charge is 2.37. The van der Waals surface area contributed by atoms with Crippen LogP contribution < -0.4 is 0 Å². The van der Waals surface area contributed by atoms with Crippen LogP contribution in [0.2, 0.25) is 0 Å². The molecular formula is C9H10F2N2O2. The van der Waals surface area contributed by atoms with Crippen molar-refractivity contribution in [1.82, 2.24) is 9.88 Å². The molecule has 15 heavy (non-hydrogen) atoms. The SMILES string of the molecule is Cc1nc(C(=O)N2CC(C(F)F)C2)co1. The van der Waals surface area contributed by atoms with E-state index in [0.717, 1.165) is 0 Å². The molecule has 1 saturated heterocycles. The molecule has 0 atom stereocenters. The highest BCUT2D eigenvalue weighted by molar-refractivity contribution is 5.92. The number of likely N-dealkylation sites (tertiary alicyclic amines) is 1. The van der Waals surface area contributed by atoms with E-state index < -0.39 is 12.3 Å². The van der Waals surface area contributed by atoms with E-state index in [1.807, 2.05) is 0 Å². The largest absolute Gasteiger partial charge is 0.448 e. The first-order valence-corrected chi connectivity index (χ1v) is 4.57. The first-order chi connectivity index (χ1) is 7.08. The lowest BCUT2D eigenvalue weighted by molar-refractivity contribution is -0.0154. The van der Waals surface area contributed by atoms with Gasteiger partial charge in [-0.1, -0.05) is 0 Å². The highest BCUT2D eigenvalue weighted by Crippen LogP contribution is 2.23. The summed E-state index contributed by atoms with van der Waals surface area (Å²) in [6.07, 6.45) is -1.11. The van der Waals surface area contributed by atoms with Gasteiger partial charge in [-0.15, -0.1) is 0 Å². The van der Waals surface area contributed by atoms with Gasteiger partial charge in [-0.3, -0.25) is 4.79 Å². The van der Waals surface area contributed by atoms with E-state index in [-0.39, 0.29) is 24.7 Å². The molecule has 0 aliphatic carbocycles. The third kappa shape index (κ3) is 1.84. The first kappa shape index (κ1) is 10.1. The van der Waals surface area contributed by atoms with Gasteiger partial charge in [0.1, 0.15) is 6.26 Å². The van der Waals surface area contributed by atoms with Crippen LogP contribution in [0.5, 0.6) is 0 Å². The predicted molar refractivity (Wildman–Crippen MR) is 46.6 cm³/mol. The van der Waals surface area contributed by atoms with Crippen molar-refractivity contribution in [1.29, 1.82) is 0 Å². The number of rotatable bonds is 2. The minimum Gasteiger partial charge on any atom is -0.448 e. The highest BCUT2D eigenvalue weighted by atomic mass is 19.3. The first-order valence-electron chi connectivity index (χ1n) is 4.57. The molecule has 0 spiro atoms. The summed E-state index contributed by atoms with van der Waals surface area (Å²) >= 11 is 0. The number of carbonyl (C=O) groups excluding carboxylic acids is 1. The van der Waals surface area contributed by atoms with Crippen LogP contribution in [0.15, 0.2) is 10.7 Å². The molecule has 1 amide bonds. The Hall–Kier alpha value is -1.46. The van der Waals surface area contributed by atoms with E-state index in [1.54, 1.807) is 6.92 Å². The molecule has 0 radical (unpaired) electrons. The van der Waals surface area contributed by atoms with E-state index >= 15 is 0 Å². The van der Waals surface area contributed by atoms with Gasteiger partial charge >= 0.3 is 0 Å². The van der Waals surface area contributed by atoms with Gasteiger partial charge in [-0.25, -0.2) is 13.8 Å². The number of halogens is 2. The minimum absolute atomic E-state index is 0.0996. The molecule has 82 valence electrons. The second kappa shape index (κ2) is 3.60. The molecule has 2 heterocycles. The van der Waals surface area contributed by atoms with Crippen LogP contribution in [0.3, 0.4) is 0 Å². The molecule has 4 nitrogen and oxygen atoms in total. The number of aryl methyl sites for hydroxylation is 1. The van der Waals surface area contributed by atoms with Crippen LogP contribution in [0.4, 0.5) is 8.78 Å². The summed E-state index contributed by atoms with van der Waals surface area (Å²) < 4.78 is 29.2. The van der Waals surface area contributed by atoms with Crippen molar-refractivity contribution in [2.24, 2.45) is 5.92 Å². The van der Waals surface area contributed by atoms with Gasteiger partial charge in [-0.05, 0) is 0 Å². The zero-order valence-corrected chi connectivity index (χ0v) is 8.11. The van der Waals surface area contributed by atoms with Crippen LogP contribution in [0, 0.1) is 12.8 Å². The Kier molecular flexibility index (Phi) is 2.42. The van der Waals surface area contributed by atoms with Crippen LogP contribution in [0.1, 0.15) is 16.4 Å². The summed E-state index contributed by atoms with van der Waals surface area (Å²) in [5.41, 5.74) is 0.181. The van der Waals surface area contributed by atoms with E-state index in [0.29, 0.717) is 5.89 Å². The molecule has 1 aromatic rings. The lowest BCUT2D eigenvalue weighted by Gasteiger charge is -2.38. The average Bonchev–Trinajstić information content (AvgIpc) is 2.48. The summed E-state index contributed by atoms with van der Waals surface area (Å²) in [4.78, 5) is 16.7. The van der Waals surface area contributed by atoms with Crippen molar-refractivity contribution in [3.63, 3.8) is 0 Å². The number of hydrogen-bond donors (Lipinski definition) is 0. The zero-order valence-electron chi connectivity index (χ0n) is 8.11. The van der Waals surface area contributed by atoms with E-state index in [4.69, 9.17) is 4.42 Å². The smallest absolute Gasteiger partial charge is 0.275 e. The van der Waals surface area contributed by atoms with Gasteiger partial charge in [0.25, 0.3) is 5.91 Å². The predicted octanol–water partition coefficient (Wildman–Crippen LogP) is 1.32. The Morgan fingerprint density at radius 3 is 2.80 bits per heavy atom. The summed E-state index contributed by atoms with van der Waals surface area (Å²) in [6.45, 7) is 1.82. The molecule has 0 saturated carbocycles. The van der Waals surface area contributed by atoms with Crippen LogP contribution in [-0.4, -0.2) is 35.3 Å². The van der Waals surface area contributed by atoms with E-state index in [1.165, 1.54) is 11.2 Å². The van der Waals surface area contributed by atoms with Gasteiger partial charge in [0.2, 0.25) is 6.43 Å². The number of nitrogens with zero attached hydrogens (tertiary/aromatic N) is 2. The van der Waals surface area contributed by atoms with Crippen molar-refractivity contribution in [2.75, 3.05) is 13.1 Å². The minimum atomic E-state index is -2.35. The molecule has 2 rings (SSSR count). The maximum Gasteiger partial charge on any atom is 0.275 e. The molecule has 0 bridgehead atoms. The molecule has 1 aliphatic heterocycles. The fourth-order valence-electron chi connectivity index (χ4n) is 1.46. The van der Waals surface area contributed by atoms with E-state index in [9.17, 15) is 13.6 Å². The quantitative estimate of drug-likeness (QED) is 0.749. The Labute approximate surface area is 84.9 Å². The summed E-state index contributed by atoms with van der Waals surface area (Å²) in [5.74, 6) is -0.644. The van der Waals surface area contributed by atoms with Gasteiger partial charge in [0.15, 0.2) is 11.6 Å². The maximum absolute atomic E-state index is 12.2. The van der Waals surface area contributed by atoms with Crippen LogP contribution in [0.25, 0.3) is 0 Å². The van der Waals surface area contributed by atoms with Gasteiger partial charge in [-0.2, -0.15) is 0 Å². The lowest BCUT2D eigenvalue weighted by Crippen LogP contribution is -2.52. The lowest BCUT2D eigenvalue weighted by atomic mass is 10.0. The molecule has 6 heteroatoms. The molecule has 0 N–H and O–H groups in total. The van der Waals surface area contributed by atoms with E-state index in [2.05, 4.69) is 4.98 Å². The molecule has 1 aliphatic rings. The maximum atomic E-state index is 12.2. The molecule has 1 aromatic heterocycles. The number of amides is 1. The monoisotopic (exact) mass is 216 g/mol. The number of carbonyl (C=O) groups is 1. The molecule has 1 fully saturated rings. The van der Waals surface area contributed by atoms with Crippen LogP contribution in [-0.2, 0) is 0 Å². The Balaban J connectivity index is 1.95. The standard InChI is InChI=1S/C9H10F2N2O2/c1-5-12-7(4-15-5)9(14)13-2-6(3-13)8(10)11/h4,6,8H,2-3H2,1H3. The van der Waals surface area contributed by atoms with Crippen molar-refractivity contribution >= 4 is 5.91 Å². The van der Waals surface area contributed by atoms with Gasteiger partial charge < -0.3 is 9.32 Å². The van der Waals surface area contributed by atoms with Crippen molar-refractivity contribution in [3.8, 4) is 0 Å². The summed E-state index contributed by atoms with van der Waals surface area (Å²) in [5, 5.41) is 0. The molecular weight excluding hydrogens is 206 g/mol. The fraction of sp³-hybridized carbons (Fsp3) is 0.556. The third-order valence-electron chi connectivity index (χ3n) is 2.39. The number of oxazole rings is 1. The van der Waals surface area contributed by atoms with Crippen molar-refractivity contribution < 1.29 is 18.0 Å². The third-order valence-corrected chi connectivity index (χ3v) is 2.39. The topological polar surface area (TPSA) is 46.3 Å². The number of hydrogen-bond acceptors (Lipinski definition) is 3. The Morgan fingerprint density at radius 1 is 1.67 bits per heavy atom. The van der Waals surface area contributed by atoms with Crippen molar-refractivity contribution in [2.45, 2.75) is 13.3 Å². The summed E-state index contributed by atoms with van der Waals surface area (Å²) in [6, 6.07) is 0. The number of alkyl halides is 2. The Bertz CT molecular complexity index is 372. The summed E-state index contributed by atoms with van der Waals surface area (Å²) in [7, 11) is 0. The van der Waals surface area contributed by atoms with Crippen molar-refractivity contribution in [3.05, 3.63) is 17.8 Å². The van der Waals surface area contributed by atoms with Gasteiger partial charge in [0, 0.05) is 20.0 Å². The molecule has 0 unspecified atom stereocenters.